The van der Waals surface area contributed by atoms with Gasteiger partial charge in [0, 0.05) is 18.3 Å². The predicted octanol–water partition coefficient (Wildman–Crippen LogP) is 1.03. The van der Waals surface area contributed by atoms with Crippen LogP contribution in [-0.2, 0) is 4.74 Å². The van der Waals surface area contributed by atoms with Crippen molar-refractivity contribution in [3.05, 3.63) is 29.6 Å². The van der Waals surface area contributed by atoms with Crippen LogP contribution in [0.1, 0.15) is 33.7 Å². The van der Waals surface area contributed by atoms with Gasteiger partial charge in [-0.2, -0.15) is 0 Å². The number of amides is 1. The van der Waals surface area contributed by atoms with Crippen LogP contribution in [0.15, 0.2) is 18.3 Å². The Hall–Kier alpha value is -1.95. The molecule has 1 aromatic rings. The molecule has 1 aliphatic heterocycles. The van der Waals surface area contributed by atoms with Gasteiger partial charge in [0.15, 0.2) is 0 Å². The van der Waals surface area contributed by atoms with Gasteiger partial charge in [-0.15, -0.1) is 0 Å². The molecule has 1 N–H and O–H groups in total. The van der Waals surface area contributed by atoms with Gasteiger partial charge < -0.3 is 14.7 Å². The molecule has 0 spiro atoms. The molecule has 0 aromatic carbocycles. The number of rotatable bonds is 3. The van der Waals surface area contributed by atoms with Gasteiger partial charge in [-0.05, 0) is 30.9 Å². The average Bonchev–Trinajstić information content (AvgIpc) is 3.31. The number of aromatic carboxylic acids is 1. The zero-order valence-electron chi connectivity index (χ0n) is 11.0. The minimum Gasteiger partial charge on any atom is -0.477 e. The summed E-state index contributed by atoms with van der Waals surface area (Å²) in [6.45, 7) is 1.67. The molecule has 2 heterocycles. The maximum absolute atomic E-state index is 12.6. The van der Waals surface area contributed by atoms with E-state index in [-0.39, 0.29) is 17.6 Å². The molecule has 2 fully saturated rings. The van der Waals surface area contributed by atoms with Crippen molar-refractivity contribution in [1.82, 2.24) is 9.88 Å². The Morgan fingerprint density at radius 2 is 2.20 bits per heavy atom. The highest BCUT2D eigenvalue weighted by molar-refractivity contribution is 5.96. The predicted molar refractivity (Wildman–Crippen MR) is 69.6 cm³/mol. The number of carbonyl (C=O) groups excluding carboxylic acids is 1. The number of nitrogens with zero attached hydrogens (tertiary/aromatic N) is 2. The first kappa shape index (κ1) is 13.1. The van der Waals surface area contributed by atoms with Crippen molar-refractivity contribution in [2.75, 3.05) is 19.8 Å². The molecule has 0 radical (unpaired) electrons. The summed E-state index contributed by atoms with van der Waals surface area (Å²) in [4.78, 5) is 29.1. The Kier molecular flexibility index (Phi) is 3.40. The standard InChI is InChI=1S/C14H16N2O4/c17-13(10-3-4-15-11(7-10)14(18)19)16-5-6-20-8-12(16)9-1-2-9/h3-4,7,9,12H,1-2,5-6,8H2,(H,18,19). The minimum absolute atomic E-state index is 0.105. The molecule has 1 aromatic heterocycles. The Labute approximate surface area is 116 Å². The van der Waals surface area contributed by atoms with Crippen LogP contribution in [0, 0.1) is 5.92 Å². The van der Waals surface area contributed by atoms with Crippen molar-refractivity contribution in [1.29, 1.82) is 0 Å². The molecule has 1 aliphatic carbocycles. The minimum atomic E-state index is -1.12. The summed E-state index contributed by atoms with van der Waals surface area (Å²) < 4.78 is 5.46. The molecule has 1 saturated heterocycles. The van der Waals surface area contributed by atoms with Gasteiger partial charge in [-0.25, -0.2) is 9.78 Å². The third-order valence-electron chi connectivity index (χ3n) is 3.82. The van der Waals surface area contributed by atoms with Crippen LogP contribution in [0.5, 0.6) is 0 Å². The molecule has 1 unspecified atom stereocenters. The fourth-order valence-corrected chi connectivity index (χ4v) is 2.59. The van der Waals surface area contributed by atoms with Gasteiger partial charge in [0.2, 0.25) is 0 Å². The zero-order chi connectivity index (χ0) is 14.1. The number of ether oxygens (including phenoxy) is 1. The molecule has 0 bridgehead atoms. The van der Waals surface area contributed by atoms with Crippen molar-refractivity contribution in [3.63, 3.8) is 0 Å². The smallest absolute Gasteiger partial charge is 0.354 e. The van der Waals surface area contributed by atoms with E-state index in [2.05, 4.69) is 4.98 Å². The van der Waals surface area contributed by atoms with E-state index >= 15 is 0 Å². The Morgan fingerprint density at radius 1 is 1.40 bits per heavy atom. The maximum atomic E-state index is 12.6. The van der Waals surface area contributed by atoms with Crippen molar-refractivity contribution >= 4 is 11.9 Å². The first-order valence-corrected chi connectivity index (χ1v) is 6.75. The highest BCUT2D eigenvalue weighted by atomic mass is 16.5. The zero-order valence-corrected chi connectivity index (χ0v) is 11.0. The number of pyridine rings is 1. The quantitative estimate of drug-likeness (QED) is 0.892. The van der Waals surface area contributed by atoms with Crippen LogP contribution in [0.2, 0.25) is 0 Å². The summed E-state index contributed by atoms with van der Waals surface area (Å²) in [6, 6.07) is 3.02. The summed E-state index contributed by atoms with van der Waals surface area (Å²) in [5.74, 6) is -0.726. The lowest BCUT2D eigenvalue weighted by molar-refractivity contribution is -0.00835. The number of carboxylic acid groups (broad SMARTS) is 1. The fourth-order valence-electron chi connectivity index (χ4n) is 2.59. The van der Waals surface area contributed by atoms with Crippen molar-refractivity contribution in [2.45, 2.75) is 18.9 Å². The summed E-state index contributed by atoms with van der Waals surface area (Å²) >= 11 is 0. The second-order valence-corrected chi connectivity index (χ2v) is 5.21. The molecule has 3 rings (SSSR count). The first-order valence-electron chi connectivity index (χ1n) is 6.75. The SMILES string of the molecule is O=C(O)c1cc(C(=O)N2CCOCC2C2CC2)ccn1. The molecule has 1 atom stereocenters. The number of hydrogen-bond acceptors (Lipinski definition) is 4. The van der Waals surface area contributed by atoms with E-state index in [9.17, 15) is 9.59 Å². The molecule has 2 aliphatic rings. The average molecular weight is 276 g/mol. The molecule has 6 nitrogen and oxygen atoms in total. The van der Waals surface area contributed by atoms with Gasteiger partial charge in [0.25, 0.3) is 5.91 Å². The van der Waals surface area contributed by atoms with E-state index in [4.69, 9.17) is 9.84 Å². The van der Waals surface area contributed by atoms with Crippen LogP contribution >= 0.6 is 0 Å². The topological polar surface area (TPSA) is 79.7 Å². The maximum Gasteiger partial charge on any atom is 0.354 e. The summed E-state index contributed by atoms with van der Waals surface area (Å²) in [5.41, 5.74) is 0.275. The molecular weight excluding hydrogens is 260 g/mol. The van der Waals surface area contributed by atoms with Gasteiger partial charge in [-0.1, -0.05) is 0 Å². The molecule has 6 heteroatoms. The lowest BCUT2D eigenvalue weighted by Crippen LogP contribution is -2.49. The number of carboxylic acids is 1. The third-order valence-corrected chi connectivity index (χ3v) is 3.82. The summed E-state index contributed by atoms with van der Waals surface area (Å²) in [7, 11) is 0. The lowest BCUT2D eigenvalue weighted by atomic mass is 10.1. The molecular formula is C14H16N2O4. The first-order chi connectivity index (χ1) is 9.66. The van der Waals surface area contributed by atoms with Crippen molar-refractivity contribution in [3.8, 4) is 0 Å². The summed E-state index contributed by atoms with van der Waals surface area (Å²) in [5, 5.41) is 8.94. The Balaban J connectivity index is 1.83. The van der Waals surface area contributed by atoms with E-state index in [0.29, 0.717) is 31.2 Å². The van der Waals surface area contributed by atoms with Gasteiger partial charge >= 0.3 is 5.97 Å². The monoisotopic (exact) mass is 276 g/mol. The van der Waals surface area contributed by atoms with E-state index in [0.717, 1.165) is 12.8 Å². The van der Waals surface area contributed by atoms with Crippen LogP contribution in [0.3, 0.4) is 0 Å². The second-order valence-electron chi connectivity index (χ2n) is 5.21. The highest BCUT2D eigenvalue weighted by Gasteiger charge is 2.39. The molecule has 20 heavy (non-hydrogen) atoms. The van der Waals surface area contributed by atoms with Crippen LogP contribution < -0.4 is 0 Å². The normalized spacial score (nSPS) is 22.6. The Morgan fingerprint density at radius 3 is 2.90 bits per heavy atom. The molecule has 1 saturated carbocycles. The summed E-state index contributed by atoms with van der Waals surface area (Å²) in [6.07, 6.45) is 3.63. The lowest BCUT2D eigenvalue weighted by Gasteiger charge is -2.36. The number of aromatic nitrogens is 1. The Bertz CT molecular complexity index is 542. The van der Waals surface area contributed by atoms with Gasteiger partial charge in [0.05, 0.1) is 19.3 Å². The third kappa shape index (κ3) is 2.51. The number of hydrogen-bond donors (Lipinski definition) is 1. The highest BCUT2D eigenvalue weighted by Crippen LogP contribution is 2.37. The van der Waals surface area contributed by atoms with Crippen molar-refractivity contribution < 1.29 is 19.4 Å². The van der Waals surface area contributed by atoms with Crippen LogP contribution in [0.25, 0.3) is 0 Å². The van der Waals surface area contributed by atoms with Crippen LogP contribution in [0.4, 0.5) is 0 Å². The van der Waals surface area contributed by atoms with Gasteiger partial charge in [0.1, 0.15) is 5.69 Å². The van der Waals surface area contributed by atoms with Crippen LogP contribution in [-0.4, -0.2) is 52.7 Å². The fraction of sp³-hybridized carbons (Fsp3) is 0.500. The van der Waals surface area contributed by atoms with E-state index in [1.807, 2.05) is 4.90 Å². The largest absolute Gasteiger partial charge is 0.477 e. The van der Waals surface area contributed by atoms with E-state index in [1.165, 1.54) is 12.3 Å². The molecule has 106 valence electrons. The van der Waals surface area contributed by atoms with Gasteiger partial charge in [-0.3, -0.25) is 4.79 Å². The molecule has 1 amide bonds. The number of carbonyl (C=O) groups is 2. The number of morpholine rings is 1. The van der Waals surface area contributed by atoms with E-state index in [1.54, 1.807) is 6.07 Å². The van der Waals surface area contributed by atoms with Crippen molar-refractivity contribution in [2.24, 2.45) is 5.92 Å². The van der Waals surface area contributed by atoms with E-state index < -0.39 is 5.97 Å². The second kappa shape index (κ2) is 5.20.